The number of benzene rings is 1. The van der Waals surface area contributed by atoms with Crippen LogP contribution in [0.15, 0.2) is 29.4 Å². The molecule has 0 saturated carbocycles. The number of hydrogen-bond acceptors (Lipinski definition) is 5. The monoisotopic (exact) mass is 309 g/mol. The smallest absolute Gasteiger partial charge is 0.191 e. The zero-order valence-electron chi connectivity index (χ0n) is 11.6. The van der Waals surface area contributed by atoms with Crippen molar-refractivity contribution in [3.8, 4) is 11.4 Å². The number of nitrogens with zero attached hydrogens (tertiary/aromatic N) is 3. The van der Waals surface area contributed by atoms with Gasteiger partial charge in [-0.3, -0.25) is 0 Å². The van der Waals surface area contributed by atoms with Gasteiger partial charge in [0.2, 0.25) is 0 Å². The lowest BCUT2D eigenvalue weighted by atomic mass is 9.90. The van der Waals surface area contributed by atoms with E-state index < -0.39 is 0 Å². The van der Waals surface area contributed by atoms with E-state index in [4.69, 9.17) is 4.74 Å². The highest BCUT2D eigenvalue weighted by atomic mass is 32.2. The van der Waals surface area contributed by atoms with Gasteiger partial charge in [0, 0.05) is 18.2 Å². The maximum absolute atomic E-state index is 13.8. The van der Waals surface area contributed by atoms with Crippen LogP contribution in [0, 0.1) is 11.2 Å². The highest BCUT2D eigenvalue weighted by Gasteiger charge is 2.38. The number of aromatic nitrogens is 3. The maximum Gasteiger partial charge on any atom is 0.191 e. The molecule has 112 valence electrons. The van der Waals surface area contributed by atoms with E-state index in [1.165, 1.54) is 17.8 Å². The van der Waals surface area contributed by atoms with E-state index in [1.54, 1.807) is 22.8 Å². The Balaban J connectivity index is 1.78. The molecule has 1 saturated heterocycles. The summed E-state index contributed by atoms with van der Waals surface area (Å²) in [6.45, 7) is 1.22. The highest BCUT2D eigenvalue weighted by molar-refractivity contribution is 7.99. The zero-order valence-corrected chi connectivity index (χ0v) is 12.4. The molecule has 0 aliphatic carbocycles. The van der Waals surface area contributed by atoms with Crippen molar-refractivity contribution in [3.63, 3.8) is 0 Å². The second-order valence-corrected chi connectivity index (χ2v) is 6.23. The first-order valence-corrected chi connectivity index (χ1v) is 7.59. The number of thioether (sulfide) groups is 1. The topological polar surface area (TPSA) is 60.2 Å². The molecule has 5 nitrogen and oxygen atoms in total. The van der Waals surface area contributed by atoms with Gasteiger partial charge in [-0.1, -0.05) is 23.9 Å². The number of aliphatic hydroxyl groups excluding tert-OH is 1. The van der Waals surface area contributed by atoms with Crippen LogP contribution in [-0.4, -0.2) is 45.4 Å². The van der Waals surface area contributed by atoms with Gasteiger partial charge in [0.1, 0.15) is 5.82 Å². The van der Waals surface area contributed by atoms with Crippen molar-refractivity contribution in [2.45, 2.75) is 5.16 Å². The predicted octanol–water partition coefficient (Wildman–Crippen LogP) is 1.72. The van der Waals surface area contributed by atoms with E-state index in [-0.39, 0.29) is 17.8 Å². The highest BCUT2D eigenvalue weighted by Crippen LogP contribution is 2.34. The van der Waals surface area contributed by atoms with Gasteiger partial charge in [-0.2, -0.15) is 0 Å². The van der Waals surface area contributed by atoms with Crippen molar-refractivity contribution < 1.29 is 14.2 Å². The first-order chi connectivity index (χ1) is 10.2. The minimum atomic E-state index is -0.316. The second kappa shape index (κ2) is 5.75. The third-order valence-electron chi connectivity index (χ3n) is 3.61. The molecule has 21 heavy (non-hydrogen) atoms. The lowest BCUT2D eigenvalue weighted by Gasteiger charge is -2.39. The SMILES string of the molecule is Cn1c(SCC2(CO)COC2)nnc1-c1ccccc1F. The van der Waals surface area contributed by atoms with Gasteiger partial charge < -0.3 is 14.4 Å². The van der Waals surface area contributed by atoms with Gasteiger partial charge >= 0.3 is 0 Å². The van der Waals surface area contributed by atoms with Crippen LogP contribution in [-0.2, 0) is 11.8 Å². The molecular weight excluding hydrogens is 293 g/mol. The molecule has 7 heteroatoms. The van der Waals surface area contributed by atoms with Crippen molar-refractivity contribution >= 4 is 11.8 Å². The molecule has 1 aromatic heterocycles. The molecule has 2 aromatic rings. The molecule has 0 unspecified atom stereocenters. The first kappa shape index (κ1) is 14.5. The molecule has 1 aliphatic heterocycles. The van der Waals surface area contributed by atoms with Gasteiger partial charge in [-0.05, 0) is 12.1 Å². The van der Waals surface area contributed by atoms with E-state index in [2.05, 4.69) is 10.2 Å². The van der Waals surface area contributed by atoms with Crippen LogP contribution in [0.3, 0.4) is 0 Å². The fraction of sp³-hybridized carbons (Fsp3) is 0.429. The quantitative estimate of drug-likeness (QED) is 0.852. The first-order valence-electron chi connectivity index (χ1n) is 6.61. The van der Waals surface area contributed by atoms with Crippen molar-refractivity contribution in [2.24, 2.45) is 12.5 Å². The van der Waals surface area contributed by atoms with Gasteiger partial charge in [-0.15, -0.1) is 10.2 Å². The third-order valence-corrected chi connectivity index (χ3v) is 4.98. The van der Waals surface area contributed by atoms with Crippen molar-refractivity contribution in [1.29, 1.82) is 0 Å². The van der Waals surface area contributed by atoms with E-state index in [0.717, 1.165) is 0 Å². The molecule has 0 radical (unpaired) electrons. The van der Waals surface area contributed by atoms with E-state index in [0.29, 0.717) is 35.5 Å². The summed E-state index contributed by atoms with van der Waals surface area (Å²) < 4.78 is 20.8. The van der Waals surface area contributed by atoms with Gasteiger partial charge in [0.15, 0.2) is 11.0 Å². The molecule has 1 N–H and O–H groups in total. The van der Waals surface area contributed by atoms with Crippen LogP contribution >= 0.6 is 11.8 Å². The Labute approximate surface area is 126 Å². The maximum atomic E-state index is 13.8. The molecule has 0 atom stereocenters. The molecule has 0 bridgehead atoms. The van der Waals surface area contributed by atoms with Gasteiger partial charge in [0.05, 0.1) is 25.4 Å². The zero-order chi connectivity index (χ0) is 14.9. The number of hydrogen-bond donors (Lipinski definition) is 1. The Bertz CT molecular complexity index is 637. The van der Waals surface area contributed by atoms with Gasteiger partial charge in [0.25, 0.3) is 0 Å². The Morgan fingerprint density at radius 2 is 2.14 bits per heavy atom. The number of halogens is 1. The number of rotatable bonds is 5. The molecule has 1 aromatic carbocycles. The van der Waals surface area contributed by atoms with E-state index >= 15 is 0 Å². The average Bonchev–Trinajstić information content (AvgIpc) is 2.80. The van der Waals surface area contributed by atoms with Crippen LogP contribution in [0.5, 0.6) is 0 Å². The summed E-state index contributed by atoms with van der Waals surface area (Å²) in [6, 6.07) is 6.50. The minimum Gasteiger partial charge on any atom is -0.396 e. The van der Waals surface area contributed by atoms with Crippen LogP contribution in [0.2, 0.25) is 0 Å². The molecular formula is C14H16FN3O2S. The standard InChI is InChI=1S/C14H16FN3O2S/c1-18-12(10-4-2-3-5-11(10)15)16-17-13(18)21-9-14(6-19)7-20-8-14/h2-5,19H,6-9H2,1H3. The molecule has 1 fully saturated rings. The summed E-state index contributed by atoms with van der Waals surface area (Å²) >= 11 is 1.50. The lowest BCUT2D eigenvalue weighted by Crippen LogP contribution is -2.47. The second-order valence-electron chi connectivity index (χ2n) is 5.28. The summed E-state index contributed by atoms with van der Waals surface area (Å²) in [5.41, 5.74) is 0.248. The van der Waals surface area contributed by atoms with Gasteiger partial charge in [-0.25, -0.2) is 4.39 Å². The average molecular weight is 309 g/mol. The summed E-state index contributed by atoms with van der Waals surface area (Å²) in [5.74, 6) is 0.884. The Kier molecular flexibility index (Phi) is 3.97. The molecule has 0 amide bonds. The fourth-order valence-electron chi connectivity index (χ4n) is 2.15. The summed E-state index contributed by atoms with van der Waals surface area (Å²) in [5, 5.41) is 18.3. The van der Waals surface area contributed by atoms with Crippen LogP contribution in [0.4, 0.5) is 4.39 Å². The molecule has 0 spiro atoms. The van der Waals surface area contributed by atoms with Crippen LogP contribution < -0.4 is 0 Å². The number of ether oxygens (including phenoxy) is 1. The largest absolute Gasteiger partial charge is 0.396 e. The van der Waals surface area contributed by atoms with Crippen LogP contribution in [0.25, 0.3) is 11.4 Å². The summed E-state index contributed by atoms with van der Waals surface area (Å²) in [6.07, 6.45) is 0. The lowest BCUT2D eigenvalue weighted by molar-refractivity contribution is -0.121. The van der Waals surface area contributed by atoms with Crippen molar-refractivity contribution in [1.82, 2.24) is 14.8 Å². The van der Waals surface area contributed by atoms with E-state index in [9.17, 15) is 9.50 Å². The van der Waals surface area contributed by atoms with Crippen LogP contribution in [0.1, 0.15) is 0 Å². The number of aliphatic hydroxyl groups is 1. The fourth-order valence-corrected chi connectivity index (χ4v) is 3.22. The third kappa shape index (κ3) is 2.68. The van der Waals surface area contributed by atoms with Crippen molar-refractivity contribution in [2.75, 3.05) is 25.6 Å². The van der Waals surface area contributed by atoms with Crippen molar-refractivity contribution in [3.05, 3.63) is 30.1 Å². The Morgan fingerprint density at radius 1 is 1.38 bits per heavy atom. The normalized spacial score (nSPS) is 16.7. The van der Waals surface area contributed by atoms with E-state index in [1.807, 2.05) is 7.05 Å². The summed E-state index contributed by atoms with van der Waals surface area (Å²) in [4.78, 5) is 0. The molecule has 1 aliphatic rings. The molecule has 3 rings (SSSR count). The minimum absolute atomic E-state index is 0.0953. The molecule has 2 heterocycles. The Hall–Kier alpha value is -1.44. The predicted molar refractivity (Wildman–Crippen MR) is 77.5 cm³/mol. The summed E-state index contributed by atoms with van der Waals surface area (Å²) in [7, 11) is 1.81. The Morgan fingerprint density at radius 3 is 2.76 bits per heavy atom.